The number of fused-ring (bicyclic) bond motifs is 1. The van der Waals surface area contributed by atoms with Gasteiger partial charge in [0.05, 0.1) is 18.9 Å². The van der Waals surface area contributed by atoms with Gasteiger partial charge in [-0.25, -0.2) is 27.7 Å². The normalized spacial score (nSPS) is 15.5. The number of piperidine rings is 1. The van der Waals surface area contributed by atoms with Crippen LogP contribution in [0.3, 0.4) is 0 Å². The Morgan fingerprint density at radius 1 is 1.12 bits per heavy atom. The summed E-state index contributed by atoms with van der Waals surface area (Å²) in [6.07, 6.45) is 6.54. The first kappa shape index (κ1) is 22.4. The second-order valence-corrected chi connectivity index (χ2v) is 10.5. The number of anilines is 1. The van der Waals surface area contributed by atoms with E-state index in [4.69, 9.17) is 4.74 Å². The molecule has 1 fully saturated rings. The zero-order chi connectivity index (χ0) is 22.9. The van der Waals surface area contributed by atoms with Gasteiger partial charge in [0.25, 0.3) is 0 Å². The fraction of sp³-hybridized carbons (Fsp3) is 0.435. The van der Waals surface area contributed by atoms with Crippen LogP contribution in [-0.2, 0) is 10.0 Å². The van der Waals surface area contributed by atoms with E-state index >= 15 is 0 Å². The van der Waals surface area contributed by atoms with E-state index in [-0.39, 0.29) is 0 Å². The van der Waals surface area contributed by atoms with Gasteiger partial charge in [0.15, 0.2) is 0 Å². The molecule has 170 valence electrons. The van der Waals surface area contributed by atoms with Gasteiger partial charge >= 0.3 is 0 Å². The summed E-state index contributed by atoms with van der Waals surface area (Å²) in [4.78, 5) is 15.8. The Bertz CT molecular complexity index is 1210. The molecule has 1 aromatic carbocycles. The van der Waals surface area contributed by atoms with Crippen molar-refractivity contribution in [2.75, 3.05) is 44.9 Å². The van der Waals surface area contributed by atoms with E-state index in [1.54, 1.807) is 20.5 Å². The highest BCUT2D eigenvalue weighted by Gasteiger charge is 2.25. The topological polar surface area (TPSA) is 88.5 Å². The zero-order valence-corrected chi connectivity index (χ0v) is 19.8. The lowest BCUT2D eigenvalue weighted by Gasteiger charge is -2.34. The number of sulfonamides is 1. The van der Waals surface area contributed by atoms with Gasteiger partial charge in [0.1, 0.15) is 12.1 Å². The molecule has 3 heterocycles. The standard InChI is InChI=1S/C23H29N5O3S/c1-16-11-19(18-5-6-21(31-3)24-13-18)12-20-22(16)25-15-26-23(20)28-9-7-17(8-10-28)14-27(2)32(4,29)30/h5-6,11-13,15,17H,7-10,14H2,1-4H3. The molecule has 0 N–H and O–H groups in total. The minimum atomic E-state index is -3.15. The first-order valence-electron chi connectivity index (χ1n) is 10.7. The number of rotatable bonds is 6. The highest BCUT2D eigenvalue weighted by molar-refractivity contribution is 7.88. The smallest absolute Gasteiger partial charge is 0.212 e. The first-order valence-corrected chi connectivity index (χ1v) is 12.5. The molecule has 1 saturated heterocycles. The number of benzene rings is 1. The molecule has 0 atom stereocenters. The Balaban J connectivity index is 1.60. The van der Waals surface area contributed by atoms with Crippen LogP contribution in [-0.4, -0.2) is 67.7 Å². The fourth-order valence-electron chi connectivity index (χ4n) is 4.25. The summed E-state index contributed by atoms with van der Waals surface area (Å²) in [5.74, 6) is 1.86. The third-order valence-electron chi connectivity index (χ3n) is 6.18. The lowest BCUT2D eigenvalue weighted by atomic mass is 9.96. The highest BCUT2D eigenvalue weighted by atomic mass is 32.2. The summed E-state index contributed by atoms with van der Waals surface area (Å²) in [6.45, 7) is 4.29. The molecule has 0 spiro atoms. The van der Waals surface area contributed by atoms with Crippen LogP contribution < -0.4 is 9.64 Å². The molecule has 9 heteroatoms. The fourth-order valence-corrected chi connectivity index (χ4v) is 4.73. The van der Waals surface area contributed by atoms with Crippen LogP contribution in [0.2, 0.25) is 0 Å². The largest absolute Gasteiger partial charge is 0.481 e. The number of aromatic nitrogens is 3. The number of aryl methyl sites for hydroxylation is 1. The van der Waals surface area contributed by atoms with Crippen molar-refractivity contribution in [3.8, 4) is 17.0 Å². The molecule has 1 aliphatic heterocycles. The molecule has 3 aromatic rings. The molecule has 0 aliphatic carbocycles. The number of pyridine rings is 1. The maximum Gasteiger partial charge on any atom is 0.212 e. The Hall–Kier alpha value is -2.78. The Kier molecular flexibility index (Phi) is 6.30. The van der Waals surface area contributed by atoms with Crippen molar-refractivity contribution in [1.82, 2.24) is 19.3 Å². The number of hydrogen-bond donors (Lipinski definition) is 0. The predicted molar refractivity (Wildman–Crippen MR) is 126 cm³/mol. The summed E-state index contributed by atoms with van der Waals surface area (Å²) >= 11 is 0. The van der Waals surface area contributed by atoms with Gasteiger partial charge in [-0.05, 0) is 55.0 Å². The Labute approximate surface area is 189 Å². The van der Waals surface area contributed by atoms with Crippen LogP contribution in [0.5, 0.6) is 5.88 Å². The monoisotopic (exact) mass is 455 g/mol. The lowest BCUT2D eigenvalue weighted by Crippen LogP contribution is -2.39. The average Bonchev–Trinajstić information content (AvgIpc) is 2.79. The molecular formula is C23H29N5O3S. The van der Waals surface area contributed by atoms with Crippen LogP contribution in [0.25, 0.3) is 22.0 Å². The van der Waals surface area contributed by atoms with Gasteiger partial charge in [0.2, 0.25) is 15.9 Å². The third-order valence-corrected chi connectivity index (χ3v) is 7.46. The van der Waals surface area contributed by atoms with E-state index in [1.807, 2.05) is 18.3 Å². The molecule has 0 radical (unpaired) electrons. The summed E-state index contributed by atoms with van der Waals surface area (Å²) in [6, 6.07) is 8.11. The van der Waals surface area contributed by atoms with Crippen molar-refractivity contribution < 1.29 is 13.2 Å². The maximum atomic E-state index is 11.7. The maximum absolute atomic E-state index is 11.7. The van der Waals surface area contributed by atoms with Crippen molar-refractivity contribution in [1.29, 1.82) is 0 Å². The Morgan fingerprint density at radius 2 is 1.88 bits per heavy atom. The predicted octanol–water partition coefficient (Wildman–Crippen LogP) is 3.12. The number of methoxy groups -OCH3 is 1. The van der Waals surface area contributed by atoms with Crippen LogP contribution in [0.15, 0.2) is 36.8 Å². The third kappa shape index (κ3) is 4.68. The molecule has 0 amide bonds. The number of nitrogens with zero attached hydrogens (tertiary/aromatic N) is 5. The van der Waals surface area contributed by atoms with Gasteiger partial charge < -0.3 is 9.64 Å². The van der Waals surface area contributed by atoms with E-state index < -0.39 is 10.0 Å². The first-order chi connectivity index (χ1) is 15.3. The highest BCUT2D eigenvalue weighted by Crippen LogP contribution is 2.33. The molecule has 32 heavy (non-hydrogen) atoms. The van der Waals surface area contributed by atoms with Crippen molar-refractivity contribution in [3.05, 3.63) is 42.4 Å². The van der Waals surface area contributed by atoms with Gasteiger partial charge in [-0.3, -0.25) is 0 Å². The summed E-state index contributed by atoms with van der Waals surface area (Å²) in [5, 5.41) is 1.02. The summed E-state index contributed by atoms with van der Waals surface area (Å²) in [5.41, 5.74) is 4.10. The molecule has 4 rings (SSSR count). The van der Waals surface area contributed by atoms with Crippen molar-refractivity contribution in [3.63, 3.8) is 0 Å². The quantitative estimate of drug-likeness (QED) is 0.564. The molecule has 0 saturated carbocycles. The van der Waals surface area contributed by atoms with E-state index in [0.717, 1.165) is 59.3 Å². The van der Waals surface area contributed by atoms with E-state index in [2.05, 4.69) is 38.9 Å². The van der Waals surface area contributed by atoms with Crippen LogP contribution >= 0.6 is 0 Å². The van der Waals surface area contributed by atoms with Gasteiger partial charge in [-0.1, -0.05) is 0 Å². The van der Waals surface area contributed by atoms with Crippen molar-refractivity contribution >= 4 is 26.7 Å². The number of ether oxygens (including phenoxy) is 1. The lowest BCUT2D eigenvalue weighted by molar-refractivity contribution is 0.329. The van der Waals surface area contributed by atoms with Crippen LogP contribution in [0, 0.1) is 12.8 Å². The molecular weight excluding hydrogens is 426 g/mol. The van der Waals surface area contributed by atoms with Gasteiger partial charge in [0, 0.05) is 49.9 Å². The summed E-state index contributed by atoms with van der Waals surface area (Å²) in [7, 11) is 0.105. The average molecular weight is 456 g/mol. The van der Waals surface area contributed by atoms with Crippen LogP contribution in [0.1, 0.15) is 18.4 Å². The minimum absolute atomic E-state index is 0.349. The summed E-state index contributed by atoms with van der Waals surface area (Å²) < 4.78 is 30.1. The second kappa shape index (κ2) is 8.99. The number of hydrogen-bond acceptors (Lipinski definition) is 7. The van der Waals surface area contributed by atoms with Crippen molar-refractivity contribution in [2.24, 2.45) is 5.92 Å². The SMILES string of the molecule is COc1ccc(-c2cc(C)c3ncnc(N4CCC(CN(C)S(C)(=O)=O)CC4)c3c2)cn1. The molecule has 2 aromatic heterocycles. The van der Waals surface area contributed by atoms with E-state index in [0.29, 0.717) is 18.3 Å². The van der Waals surface area contributed by atoms with Crippen molar-refractivity contribution in [2.45, 2.75) is 19.8 Å². The minimum Gasteiger partial charge on any atom is -0.481 e. The second-order valence-electron chi connectivity index (χ2n) is 8.45. The Morgan fingerprint density at radius 3 is 2.50 bits per heavy atom. The zero-order valence-electron chi connectivity index (χ0n) is 18.9. The van der Waals surface area contributed by atoms with Gasteiger partial charge in [-0.15, -0.1) is 0 Å². The molecule has 0 unspecified atom stereocenters. The van der Waals surface area contributed by atoms with Gasteiger partial charge in [-0.2, -0.15) is 0 Å². The van der Waals surface area contributed by atoms with Crippen LogP contribution in [0.4, 0.5) is 5.82 Å². The van der Waals surface area contributed by atoms with E-state index in [1.165, 1.54) is 10.6 Å². The molecule has 0 bridgehead atoms. The molecule has 1 aliphatic rings. The molecule has 8 nitrogen and oxygen atoms in total. The van der Waals surface area contributed by atoms with E-state index in [9.17, 15) is 8.42 Å².